The molecular formula is C20H23N5O. The summed E-state index contributed by atoms with van der Waals surface area (Å²) in [6, 6.07) is 8.09. The molecule has 0 saturated carbocycles. The lowest BCUT2D eigenvalue weighted by Gasteiger charge is -2.33. The Morgan fingerprint density at radius 2 is 2.04 bits per heavy atom. The number of piperidine rings is 1. The van der Waals surface area contributed by atoms with E-state index in [9.17, 15) is 4.79 Å². The summed E-state index contributed by atoms with van der Waals surface area (Å²) in [5, 5.41) is 4.33. The predicted molar refractivity (Wildman–Crippen MR) is 99.3 cm³/mol. The fourth-order valence-electron chi connectivity index (χ4n) is 3.88. The second-order valence-electron chi connectivity index (χ2n) is 7.20. The molecule has 3 aromatic rings. The third-order valence-electron chi connectivity index (χ3n) is 5.15. The number of amides is 1. The normalized spacial score (nSPS) is 17.7. The van der Waals surface area contributed by atoms with Crippen molar-refractivity contribution in [1.82, 2.24) is 24.5 Å². The highest BCUT2D eigenvalue weighted by molar-refractivity contribution is 5.95. The van der Waals surface area contributed by atoms with E-state index in [1.54, 1.807) is 0 Å². The molecule has 0 radical (unpaired) electrons. The van der Waals surface area contributed by atoms with Gasteiger partial charge in [-0.25, -0.2) is 9.50 Å². The van der Waals surface area contributed by atoms with Gasteiger partial charge in [-0.2, -0.15) is 10.1 Å². The van der Waals surface area contributed by atoms with Crippen LogP contribution >= 0.6 is 0 Å². The van der Waals surface area contributed by atoms with Gasteiger partial charge < -0.3 is 4.90 Å². The molecule has 0 aliphatic carbocycles. The molecule has 1 aliphatic heterocycles. The number of hydrogen-bond donors (Lipinski definition) is 0. The molecule has 4 rings (SSSR count). The zero-order valence-electron chi connectivity index (χ0n) is 15.4. The fraction of sp³-hybridized carbons (Fsp3) is 0.400. The summed E-state index contributed by atoms with van der Waals surface area (Å²) in [6.07, 6.45) is 3.56. The Morgan fingerprint density at radius 3 is 2.85 bits per heavy atom. The SMILES string of the molecule is Cc1ccc(C(=O)N2CCCC(c3cc(C)nc4ncnn34)C2)c(C)c1. The maximum Gasteiger partial charge on any atom is 0.254 e. The predicted octanol–water partition coefficient (Wildman–Crippen LogP) is 3.07. The molecule has 0 spiro atoms. The Bertz CT molecular complexity index is 977. The van der Waals surface area contributed by atoms with Crippen LogP contribution in [0, 0.1) is 20.8 Å². The lowest BCUT2D eigenvalue weighted by atomic mass is 9.93. The average molecular weight is 349 g/mol. The summed E-state index contributed by atoms with van der Waals surface area (Å²) < 4.78 is 1.81. The zero-order valence-corrected chi connectivity index (χ0v) is 15.4. The van der Waals surface area contributed by atoms with Crippen LogP contribution in [0.4, 0.5) is 0 Å². The first kappa shape index (κ1) is 16.7. The van der Waals surface area contributed by atoms with Gasteiger partial charge in [0, 0.05) is 30.3 Å². The topological polar surface area (TPSA) is 63.4 Å². The van der Waals surface area contributed by atoms with Crippen LogP contribution < -0.4 is 0 Å². The van der Waals surface area contributed by atoms with Gasteiger partial charge in [0.05, 0.1) is 5.69 Å². The van der Waals surface area contributed by atoms with Crippen molar-refractivity contribution in [3.63, 3.8) is 0 Å². The van der Waals surface area contributed by atoms with E-state index in [0.717, 1.165) is 41.9 Å². The largest absolute Gasteiger partial charge is 0.338 e. The standard InChI is InChI=1S/C20H23N5O/c1-13-6-7-17(14(2)9-13)19(26)24-8-4-5-16(11-24)18-10-15(3)23-20-21-12-22-25(18)20/h6-7,9-10,12,16H,4-5,8,11H2,1-3H3. The molecule has 3 heterocycles. The molecule has 2 aromatic heterocycles. The number of benzene rings is 1. The molecule has 0 N–H and O–H groups in total. The Hall–Kier alpha value is -2.76. The van der Waals surface area contributed by atoms with Crippen molar-refractivity contribution >= 4 is 11.7 Å². The van der Waals surface area contributed by atoms with Crippen LogP contribution in [-0.4, -0.2) is 43.5 Å². The number of likely N-dealkylation sites (tertiary alicyclic amines) is 1. The van der Waals surface area contributed by atoms with Gasteiger partial charge in [-0.1, -0.05) is 17.7 Å². The van der Waals surface area contributed by atoms with Gasteiger partial charge in [0.15, 0.2) is 0 Å². The van der Waals surface area contributed by atoms with Gasteiger partial charge in [-0.05, 0) is 51.3 Å². The summed E-state index contributed by atoms with van der Waals surface area (Å²) in [7, 11) is 0. The molecule has 1 aromatic carbocycles. The maximum atomic E-state index is 13.1. The quantitative estimate of drug-likeness (QED) is 0.713. The van der Waals surface area contributed by atoms with Gasteiger partial charge in [0.25, 0.3) is 11.7 Å². The minimum Gasteiger partial charge on any atom is -0.338 e. The summed E-state index contributed by atoms with van der Waals surface area (Å²) >= 11 is 0. The summed E-state index contributed by atoms with van der Waals surface area (Å²) in [4.78, 5) is 23.7. The summed E-state index contributed by atoms with van der Waals surface area (Å²) in [5.74, 6) is 0.981. The smallest absolute Gasteiger partial charge is 0.254 e. The Labute approximate surface area is 152 Å². The molecule has 1 atom stereocenters. The minimum absolute atomic E-state index is 0.118. The van der Waals surface area contributed by atoms with E-state index >= 15 is 0 Å². The third-order valence-corrected chi connectivity index (χ3v) is 5.15. The molecule has 1 saturated heterocycles. The summed E-state index contributed by atoms with van der Waals surface area (Å²) in [5.41, 5.74) is 5.03. The van der Waals surface area contributed by atoms with Crippen molar-refractivity contribution in [3.8, 4) is 0 Å². The van der Waals surface area contributed by atoms with E-state index in [0.29, 0.717) is 12.3 Å². The number of carbonyl (C=O) groups excluding carboxylic acids is 1. The first-order valence-corrected chi connectivity index (χ1v) is 9.07. The van der Waals surface area contributed by atoms with E-state index in [-0.39, 0.29) is 11.8 Å². The monoisotopic (exact) mass is 349 g/mol. The van der Waals surface area contributed by atoms with Crippen LogP contribution in [0.1, 0.15) is 51.6 Å². The first-order valence-electron chi connectivity index (χ1n) is 9.07. The number of carbonyl (C=O) groups is 1. The van der Waals surface area contributed by atoms with Crippen LogP contribution in [0.15, 0.2) is 30.6 Å². The average Bonchev–Trinajstić information content (AvgIpc) is 3.09. The lowest BCUT2D eigenvalue weighted by molar-refractivity contribution is 0.0704. The fourth-order valence-corrected chi connectivity index (χ4v) is 3.88. The molecule has 26 heavy (non-hydrogen) atoms. The van der Waals surface area contributed by atoms with E-state index in [1.807, 2.05) is 42.3 Å². The van der Waals surface area contributed by atoms with E-state index < -0.39 is 0 Å². The zero-order chi connectivity index (χ0) is 18.3. The number of fused-ring (bicyclic) bond motifs is 1. The lowest BCUT2D eigenvalue weighted by Crippen LogP contribution is -2.40. The van der Waals surface area contributed by atoms with Crippen LogP contribution in [0.3, 0.4) is 0 Å². The van der Waals surface area contributed by atoms with E-state index in [4.69, 9.17) is 0 Å². The molecule has 1 unspecified atom stereocenters. The highest BCUT2D eigenvalue weighted by Gasteiger charge is 2.28. The van der Waals surface area contributed by atoms with Crippen LogP contribution in [0.2, 0.25) is 0 Å². The molecule has 6 nitrogen and oxygen atoms in total. The maximum absolute atomic E-state index is 13.1. The molecular weight excluding hydrogens is 326 g/mol. The molecule has 134 valence electrons. The Morgan fingerprint density at radius 1 is 1.19 bits per heavy atom. The van der Waals surface area contributed by atoms with Crippen molar-refractivity contribution in [3.05, 3.63) is 58.7 Å². The molecule has 1 fully saturated rings. The Balaban J connectivity index is 1.63. The number of rotatable bonds is 2. The van der Waals surface area contributed by atoms with Crippen molar-refractivity contribution in [1.29, 1.82) is 0 Å². The van der Waals surface area contributed by atoms with Crippen LogP contribution in [0.5, 0.6) is 0 Å². The van der Waals surface area contributed by atoms with Gasteiger partial charge in [-0.15, -0.1) is 0 Å². The van der Waals surface area contributed by atoms with Gasteiger partial charge in [0.1, 0.15) is 6.33 Å². The molecule has 1 aliphatic rings. The molecule has 0 bridgehead atoms. The first-order chi connectivity index (χ1) is 12.5. The van der Waals surface area contributed by atoms with Gasteiger partial charge >= 0.3 is 0 Å². The second-order valence-corrected chi connectivity index (χ2v) is 7.20. The van der Waals surface area contributed by atoms with E-state index in [2.05, 4.69) is 27.2 Å². The Kier molecular flexibility index (Phi) is 4.18. The van der Waals surface area contributed by atoms with Gasteiger partial charge in [-0.3, -0.25) is 4.79 Å². The highest BCUT2D eigenvalue weighted by atomic mass is 16.2. The van der Waals surface area contributed by atoms with Crippen molar-refractivity contribution in [2.75, 3.05) is 13.1 Å². The second kappa shape index (κ2) is 6.52. The van der Waals surface area contributed by atoms with Crippen molar-refractivity contribution in [2.24, 2.45) is 0 Å². The van der Waals surface area contributed by atoms with E-state index in [1.165, 1.54) is 11.9 Å². The van der Waals surface area contributed by atoms with Crippen molar-refractivity contribution < 1.29 is 4.79 Å². The van der Waals surface area contributed by atoms with Crippen LogP contribution in [-0.2, 0) is 0 Å². The number of nitrogens with zero attached hydrogens (tertiary/aromatic N) is 5. The van der Waals surface area contributed by atoms with Gasteiger partial charge in [0.2, 0.25) is 0 Å². The minimum atomic E-state index is 0.118. The number of hydrogen-bond acceptors (Lipinski definition) is 4. The van der Waals surface area contributed by atoms with Crippen molar-refractivity contribution in [2.45, 2.75) is 39.5 Å². The molecule has 6 heteroatoms. The number of aryl methyl sites for hydroxylation is 3. The van der Waals surface area contributed by atoms with Crippen LogP contribution in [0.25, 0.3) is 5.78 Å². The number of aromatic nitrogens is 4. The highest BCUT2D eigenvalue weighted by Crippen LogP contribution is 2.28. The summed E-state index contributed by atoms with van der Waals surface area (Å²) in [6.45, 7) is 7.53. The molecule has 1 amide bonds. The third kappa shape index (κ3) is 2.96.